The summed E-state index contributed by atoms with van der Waals surface area (Å²) in [7, 11) is 2.18. The Labute approximate surface area is 114 Å². The van der Waals surface area contributed by atoms with Crippen LogP contribution >= 0.6 is 0 Å². The van der Waals surface area contributed by atoms with Crippen LogP contribution in [0.25, 0.3) is 0 Å². The van der Waals surface area contributed by atoms with E-state index in [1.165, 1.54) is 12.8 Å². The molecule has 0 aromatic heterocycles. The van der Waals surface area contributed by atoms with E-state index in [0.29, 0.717) is 18.2 Å². The fourth-order valence-electron chi connectivity index (χ4n) is 2.23. The minimum Gasteiger partial charge on any atom is -0.478 e. The minimum absolute atomic E-state index is 0.349. The largest absolute Gasteiger partial charge is 0.478 e. The highest BCUT2D eigenvalue weighted by atomic mass is 16.4. The molecule has 0 saturated heterocycles. The number of carboxylic acids is 1. The lowest BCUT2D eigenvalue weighted by Crippen LogP contribution is -2.38. The second-order valence-electron chi connectivity index (χ2n) is 5.38. The van der Waals surface area contributed by atoms with Gasteiger partial charge in [-0.1, -0.05) is 12.1 Å². The number of nitrogens with zero attached hydrogens (tertiary/aromatic N) is 1. The van der Waals surface area contributed by atoms with Crippen LogP contribution in [-0.4, -0.2) is 41.7 Å². The summed E-state index contributed by atoms with van der Waals surface area (Å²) in [5.74, 6) is -0.872. The molecule has 1 atom stereocenters. The molecule has 1 unspecified atom stereocenters. The molecule has 0 heterocycles. The van der Waals surface area contributed by atoms with Gasteiger partial charge in [0.1, 0.15) is 0 Å². The summed E-state index contributed by atoms with van der Waals surface area (Å²) >= 11 is 0. The van der Waals surface area contributed by atoms with Crippen LogP contribution in [0.1, 0.15) is 35.7 Å². The maximum Gasteiger partial charge on any atom is 0.335 e. The van der Waals surface area contributed by atoms with Gasteiger partial charge >= 0.3 is 5.97 Å². The van der Waals surface area contributed by atoms with Crippen molar-refractivity contribution in [3.63, 3.8) is 0 Å². The Morgan fingerprint density at radius 2 is 2.26 bits per heavy atom. The van der Waals surface area contributed by atoms with Gasteiger partial charge in [-0.05, 0) is 44.5 Å². The van der Waals surface area contributed by atoms with Gasteiger partial charge in [0.2, 0.25) is 0 Å². The lowest BCUT2D eigenvalue weighted by molar-refractivity contribution is 0.0696. The number of hydrogen-bond donors (Lipinski definition) is 2. The monoisotopic (exact) mass is 262 g/mol. The van der Waals surface area contributed by atoms with Crippen LogP contribution in [0.3, 0.4) is 0 Å². The smallest absolute Gasteiger partial charge is 0.335 e. The molecule has 0 bridgehead atoms. The third-order valence-electron chi connectivity index (χ3n) is 3.76. The van der Waals surface area contributed by atoms with Crippen molar-refractivity contribution in [2.75, 3.05) is 13.6 Å². The first-order valence-electron chi connectivity index (χ1n) is 6.83. The van der Waals surface area contributed by atoms with Gasteiger partial charge in [-0.25, -0.2) is 4.79 Å². The zero-order valence-corrected chi connectivity index (χ0v) is 11.6. The van der Waals surface area contributed by atoms with E-state index in [1.54, 1.807) is 18.2 Å². The Kier molecular flexibility index (Phi) is 4.56. The van der Waals surface area contributed by atoms with Gasteiger partial charge in [-0.15, -0.1) is 0 Å². The summed E-state index contributed by atoms with van der Waals surface area (Å²) in [6.07, 6.45) is 2.64. The number of rotatable bonds is 7. The molecule has 1 saturated carbocycles. The van der Waals surface area contributed by atoms with Crippen LogP contribution in [-0.2, 0) is 6.54 Å². The van der Waals surface area contributed by atoms with E-state index in [1.807, 2.05) is 6.07 Å². The first-order chi connectivity index (χ1) is 9.08. The molecule has 2 rings (SSSR count). The molecule has 1 aromatic rings. The van der Waals surface area contributed by atoms with Crippen LogP contribution in [0.2, 0.25) is 0 Å². The molecule has 4 nitrogen and oxygen atoms in total. The SMILES string of the molecule is CC(CNCc1cccc(C(=O)O)c1)N(C)C1CC1. The van der Waals surface area contributed by atoms with Crippen molar-refractivity contribution in [2.24, 2.45) is 0 Å². The van der Waals surface area contributed by atoms with Gasteiger partial charge in [0, 0.05) is 25.2 Å². The van der Waals surface area contributed by atoms with Crippen molar-refractivity contribution in [3.05, 3.63) is 35.4 Å². The minimum atomic E-state index is -0.872. The highest BCUT2D eigenvalue weighted by Crippen LogP contribution is 2.26. The molecule has 2 N–H and O–H groups in total. The Bertz CT molecular complexity index is 444. The third kappa shape index (κ3) is 4.04. The van der Waals surface area contributed by atoms with Crippen molar-refractivity contribution in [1.29, 1.82) is 0 Å². The highest BCUT2D eigenvalue weighted by Gasteiger charge is 2.28. The molecule has 104 valence electrons. The van der Waals surface area contributed by atoms with E-state index in [4.69, 9.17) is 5.11 Å². The zero-order valence-electron chi connectivity index (χ0n) is 11.6. The molecule has 19 heavy (non-hydrogen) atoms. The summed E-state index contributed by atoms with van der Waals surface area (Å²) in [5, 5.41) is 12.3. The number of nitrogens with one attached hydrogen (secondary N) is 1. The number of carbonyl (C=O) groups is 1. The van der Waals surface area contributed by atoms with Crippen molar-refractivity contribution in [2.45, 2.75) is 38.4 Å². The number of likely N-dealkylation sites (N-methyl/N-ethyl adjacent to an activating group) is 1. The van der Waals surface area contributed by atoms with Crippen LogP contribution < -0.4 is 5.32 Å². The Hall–Kier alpha value is -1.39. The van der Waals surface area contributed by atoms with E-state index in [-0.39, 0.29) is 0 Å². The quantitative estimate of drug-likeness (QED) is 0.788. The van der Waals surface area contributed by atoms with Gasteiger partial charge < -0.3 is 10.4 Å². The predicted octanol–water partition coefficient (Wildman–Crippen LogP) is 1.96. The predicted molar refractivity (Wildman–Crippen MR) is 75.4 cm³/mol. The van der Waals surface area contributed by atoms with Crippen LogP contribution in [0.15, 0.2) is 24.3 Å². The molecule has 0 amide bonds. The van der Waals surface area contributed by atoms with Crippen LogP contribution in [0.5, 0.6) is 0 Å². The van der Waals surface area contributed by atoms with Gasteiger partial charge in [0.15, 0.2) is 0 Å². The molecular weight excluding hydrogens is 240 g/mol. The number of carboxylic acid groups (broad SMARTS) is 1. The van der Waals surface area contributed by atoms with E-state index in [2.05, 4.69) is 24.2 Å². The molecule has 0 aliphatic heterocycles. The lowest BCUT2D eigenvalue weighted by Gasteiger charge is -2.24. The first kappa shape index (κ1) is 14.0. The molecule has 1 aliphatic rings. The molecule has 0 spiro atoms. The summed E-state index contributed by atoms with van der Waals surface area (Å²) in [6.45, 7) is 3.85. The molecule has 1 aromatic carbocycles. The molecule has 0 radical (unpaired) electrons. The van der Waals surface area contributed by atoms with Crippen molar-refractivity contribution < 1.29 is 9.90 Å². The van der Waals surface area contributed by atoms with E-state index in [9.17, 15) is 4.79 Å². The highest BCUT2D eigenvalue weighted by molar-refractivity contribution is 5.87. The van der Waals surface area contributed by atoms with Crippen LogP contribution in [0.4, 0.5) is 0 Å². The van der Waals surface area contributed by atoms with Crippen molar-refractivity contribution in [3.8, 4) is 0 Å². The van der Waals surface area contributed by atoms with Gasteiger partial charge in [0.05, 0.1) is 5.56 Å². The average molecular weight is 262 g/mol. The standard InChI is InChI=1S/C15H22N2O2/c1-11(17(2)14-6-7-14)9-16-10-12-4-3-5-13(8-12)15(18)19/h3-5,8,11,14,16H,6-7,9-10H2,1-2H3,(H,18,19). The van der Waals surface area contributed by atoms with E-state index < -0.39 is 5.97 Å². The topological polar surface area (TPSA) is 52.6 Å². The first-order valence-corrected chi connectivity index (χ1v) is 6.83. The van der Waals surface area contributed by atoms with Crippen LogP contribution in [0, 0.1) is 0 Å². The number of benzene rings is 1. The van der Waals surface area contributed by atoms with Gasteiger partial charge in [0.25, 0.3) is 0 Å². The van der Waals surface area contributed by atoms with Gasteiger partial charge in [-0.3, -0.25) is 4.90 Å². The van der Waals surface area contributed by atoms with E-state index in [0.717, 1.165) is 18.2 Å². The molecule has 1 fully saturated rings. The number of hydrogen-bond acceptors (Lipinski definition) is 3. The fraction of sp³-hybridized carbons (Fsp3) is 0.533. The Morgan fingerprint density at radius 1 is 1.53 bits per heavy atom. The van der Waals surface area contributed by atoms with Gasteiger partial charge in [-0.2, -0.15) is 0 Å². The Morgan fingerprint density at radius 3 is 2.89 bits per heavy atom. The Balaban J connectivity index is 1.78. The fourth-order valence-corrected chi connectivity index (χ4v) is 2.23. The second kappa shape index (κ2) is 6.17. The molecular formula is C15H22N2O2. The van der Waals surface area contributed by atoms with E-state index >= 15 is 0 Å². The maximum absolute atomic E-state index is 10.9. The maximum atomic E-state index is 10.9. The van der Waals surface area contributed by atoms with Crippen molar-refractivity contribution >= 4 is 5.97 Å². The summed E-state index contributed by atoms with van der Waals surface area (Å²) in [5.41, 5.74) is 1.36. The summed E-state index contributed by atoms with van der Waals surface area (Å²) in [4.78, 5) is 13.3. The lowest BCUT2D eigenvalue weighted by atomic mass is 10.1. The summed E-state index contributed by atoms with van der Waals surface area (Å²) < 4.78 is 0. The molecule has 1 aliphatic carbocycles. The summed E-state index contributed by atoms with van der Waals surface area (Å²) in [6, 6.07) is 8.37. The normalized spacial score (nSPS) is 16.6. The average Bonchev–Trinajstić information content (AvgIpc) is 3.22. The third-order valence-corrected chi connectivity index (χ3v) is 3.76. The zero-order chi connectivity index (χ0) is 13.8. The van der Waals surface area contributed by atoms with Crippen molar-refractivity contribution in [1.82, 2.24) is 10.2 Å². The number of aromatic carboxylic acids is 1. The molecule has 4 heteroatoms. The second-order valence-corrected chi connectivity index (χ2v) is 5.38.